The molecule has 0 aliphatic heterocycles. The zero-order valence-electron chi connectivity index (χ0n) is 11.8. The maximum atomic E-state index is 8.80. The Kier molecular flexibility index (Phi) is 4.72. The lowest BCUT2D eigenvalue weighted by Crippen LogP contribution is -2.12. The maximum Gasteiger partial charge on any atom is 0.104 e. The fourth-order valence-corrected chi connectivity index (χ4v) is 3.51. The van der Waals surface area contributed by atoms with E-state index in [2.05, 4.69) is 36.1 Å². The van der Waals surface area contributed by atoms with Crippen molar-refractivity contribution >= 4 is 11.3 Å². The Bertz CT molecular complexity index is 663. The lowest BCUT2D eigenvalue weighted by molar-refractivity contribution is 0.0297. The molecule has 0 fully saturated rings. The molecular weight excluding hydrogens is 280 g/mol. The maximum absolute atomic E-state index is 8.80. The van der Waals surface area contributed by atoms with Gasteiger partial charge < -0.3 is 9.84 Å². The van der Waals surface area contributed by atoms with Crippen LogP contribution < -0.4 is 0 Å². The highest BCUT2D eigenvalue weighted by molar-refractivity contribution is 7.10. The van der Waals surface area contributed by atoms with Gasteiger partial charge in [-0.3, -0.25) is 0 Å². The minimum absolute atomic E-state index is 0.105. The fourth-order valence-electron chi connectivity index (χ4n) is 2.76. The van der Waals surface area contributed by atoms with Crippen LogP contribution in [0.4, 0.5) is 0 Å². The van der Waals surface area contributed by atoms with Gasteiger partial charge in [-0.15, -0.1) is 11.3 Å². The van der Waals surface area contributed by atoms with Crippen LogP contribution in [0.2, 0.25) is 0 Å². The molecule has 3 heteroatoms. The highest BCUT2D eigenvalue weighted by atomic mass is 32.1. The molecule has 1 unspecified atom stereocenters. The lowest BCUT2D eigenvalue weighted by Gasteiger charge is -2.25. The van der Waals surface area contributed by atoms with Gasteiger partial charge in [0.15, 0.2) is 0 Å². The number of benzene rings is 1. The van der Waals surface area contributed by atoms with Gasteiger partial charge in [0.2, 0.25) is 0 Å². The van der Waals surface area contributed by atoms with Crippen LogP contribution in [0, 0.1) is 11.8 Å². The molecule has 2 aromatic rings. The van der Waals surface area contributed by atoms with E-state index in [0.717, 1.165) is 23.3 Å². The van der Waals surface area contributed by atoms with Crippen LogP contribution in [0.1, 0.15) is 40.5 Å². The Morgan fingerprint density at radius 1 is 1.29 bits per heavy atom. The molecule has 0 saturated heterocycles. The van der Waals surface area contributed by atoms with Crippen LogP contribution in [0.3, 0.4) is 0 Å². The van der Waals surface area contributed by atoms with E-state index < -0.39 is 0 Å². The van der Waals surface area contributed by atoms with Gasteiger partial charge >= 0.3 is 0 Å². The van der Waals surface area contributed by atoms with E-state index in [4.69, 9.17) is 9.84 Å². The number of hydrogen-bond acceptors (Lipinski definition) is 3. The first-order valence-corrected chi connectivity index (χ1v) is 8.12. The quantitative estimate of drug-likeness (QED) is 0.876. The third kappa shape index (κ3) is 3.36. The Labute approximate surface area is 129 Å². The second kappa shape index (κ2) is 6.91. The normalized spacial score (nSPS) is 16.9. The molecule has 21 heavy (non-hydrogen) atoms. The van der Waals surface area contributed by atoms with E-state index >= 15 is 0 Å². The Balaban J connectivity index is 1.70. The largest absolute Gasteiger partial charge is 0.384 e. The highest BCUT2D eigenvalue weighted by Crippen LogP contribution is 2.33. The predicted octanol–water partition coefficient (Wildman–Crippen LogP) is 3.69. The van der Waals surface area contributed by atoms with E-state index in [1.54, 1.807) is 11.3 Å². The van der Waals surface area contributed by atoms with Crippen molar-refractivity contribution in [3.8, 4) is 11.8 Å². The number of hydrogen-bond donors (Lipinski definition) is 1. The molecule has 0 saturated carbocycles. The van der Waals surface area contributed by atoms with Crippen LogP contribution in [0.15, 0.2) is 35.7 Å². The Morgan fingerprint density at radius 2 is 2.19 bits per heavy atom. The summed E-state index contributed by atoms with van der Waals surface area (Å²) in [6, 6.07) is 10.6. The standard InChI is InChI=1S/C18H18O2S/c19-11-4-7-15-10-12-21-18(15)13-20-17-9-3-6-14-5-1-2-8-16(14)17/h1-2,5,8,10,12,17,19H,3,6,9,11,13H2. The van der Waals surface area contributed by atoms with Crippen molar-refractivity contribution in [1.29, 1.82) is 0 Å². The molecule has 0 radical (unpaired) electrons. The first kappa shape index (κ1) is 14.3. The molecule has 1 aliphatic carbocycles. The molecule has 1 aliphatic rings. The summed E-state index contributed by atoms with van der Waals surface area (Å²) in [5.41, 5.74) is 3.72. The molecule has 1 N–H and O–H groups in total. The van der Waals surface area contributed by atoms with Crippen molar-refractivity contribution in [3.05, 3.63) is 57.3 Å². The third-order valence-electron chi connectivity index (χ3n) is 3.78. The van der Waals surface area contributed by atoms with Crippen LogP contribution in [0.5, 0.6) is 0 Å². The number of aliphatic hydroxyl groups is 1. The van der Waals surface area contributed by atoms with Crippen molar-refractivity contribution in [2.24, 2.45) is 0 Å². The molecule has 1 aromatic heterocycles. The molecule has 1 heterocycles. The van der Waals surface area contributed by atoms with E-state index in [0.29, 0.717) is 6.61 Å². The van der Waals surface area contributed by atoms with Crippen molar-refractivity contribution in [3.63, 3.8) is 0 Å². The summed E-state index contributed by atoms with van der Waals surface area (Å²) >= 11 is 1.66. The number of fused-ring (bicyclic) bond motifs is 1. The van der Waals surface area contributed by atoms with E-state index in [1.165, 1.54) is 17.5 Å². The second-order valence-corrected chi connectivity index (χ2v) is 6.11. The molecule has 1 aromatic carbocycles. The van der Waals surface area contributed by atoms with Gasteiger partial charge in [-0.1, -0.05) is 36.1 Å². The summed E-state index contributed by atoms with van der Waals surface area (Å²) in [7, 11) is 0. The van der Waals surface area contributed by atoms with Crippen LogP contribution in [0.25, 0.3) is 0 Å². The minimum atomic E-state index is -0.105. The van der Waals surface area contributed by atoms with E-state index in [1.807, 2.05) is 11.4 Å². The molecule has 0 amide bonds. The monoisotopic (exact) mass is 298 g/mol. The summed E-state index contributed by atoms with van der Waals surface area (Å²) < 4.78 is 6.15. The number of thiophene rings is 1. The summed E-state index contributed by atoms with van der Waals surface area (Å²) in [5, 5.41) is 10.8. The molecule has 108 valence electrons. The van der Waals surface area contributed by atoms with Gasteiger partial charge in [0.25, 0.3) is 0 Å². The van der Waals surface area contributed by atoms with Gasteiger partial charge in [-0.25, -0.2) is 0 Å². The lowest BCUT2D eigenvalue weighted by atomic mass is 9.89. The fraction of sp³-hybridized carbons (Fsp3) is 0.333. The molecule has 1 atom stereocenters. The molecular formula is C18H18O2S. The molecule has 0 spiro atoms. The van der Waals surface area contributed by atoms with E-state index in [-0.39, 0.29) is 12.7 Å². The number of aliphatic hydroxyl groups excluding tert-OH is 1. The van der Waals surface area contributed by atoms with Crippen molar-refractivity contribution in [2.75, 3.05) is 6.61 Å². The Morgan fingerprint density at radius 3 is 3.10 bits per heavy atom. The molecule has 0 bridgehead atoms. The number of rotatable bonds is 3. The summed E-state index contributed by atoms with van der Waals surface area (Å²) in [4.78, 5) is 1.14. The zero-order chi connectivity index (χ0) is 14.5. The van der Waals surface area contributed by atoms with Gasteiger partial charge in [0, 0.05) is 10.4 Å². The summed E-state index contributed by atoms with van der Waals surface area (Å²) in [6.07, 6.45) is 3.61. The summed E-state index contributed by atoms with van der Waals surface area (Å²) in [6.45, 7) is 0.484. The van der Waals surface area contributed by atoms with Crippen LogP contribution in [-0.2, 0) is 17.8 Å². The van der Waals surface area contributed by atoms with Gasteiger partial charge in [0.05, 0.1) is 12.7 Å². The molecule has 3 rings (SSSR count). The van der Waals surface area contributed by atoms with Gasteiger partial charge in [-0.2, -0.15) is 0 Å². The number of aryl methyl sites for hydroxylation is 1. The minimum Gasteiger partial charge on any atom is -0.384 e. The van der Waals surface area contributed by atoms with Crippen molar-refractivity contribution < 1.29 is 9.84 Å². The van der Waals surface area contributed by atoms with Crippen molar-refractivity contribution in [1.82, 2.24) is 0 Å². The molecule has 2 nitrogen and oxygen atoms in total. The first-order valence-electron chi connectivity index (χ1n) is 7.24. The topological polar surface area (TPSA) is 29.5 Å². The average Bonchev–Trinajstić information content (AvgIpc) is 2.98. The van der Waals surface area contributed by atoms with Gasteiger partial charge in [-0.05, 0) is 41.8 Å². The van der Waals surface area contributed by atoms with Crippen LogP contribution in [-0.4, -0.2) is 11.7 Å². The average molecular weight is 298 g/mol. The first-order chi connectivity index (χ1) is 10.4. The van der Waals surface area contributed by atoms with Crippen LogP contribution >= 0.6 is 11.3 Å². The van der Waals surface area contributed by atoms with Crippen molar-refractivity contribution in [2.45, 2.75) is 32.0 Å². The second-order valence-electron chi connectivity index (χ2n) is 5.11. The smallest absolute Gasteiger partial charge is 0.104 e. The Hall–Kier alpha value is -1.60. The van der Waals surface area contributed by atoms with Gasteiger partial charge in [0.1, 0.15) is 6.61 Å². The highest BCUT2D eigenvalue weighted by Gasteiger charge is 2.20. The summed E-state index contributed by atoms with van der Waals surface area (Å²) in [5.74, 6) is 5.68. The van der Waals surface area contributed by atoms with E-state index in [9.17, 15) is 0 Å². The third-order valence-corrected chi connectivity index (χ3v) is 4.67. The SMILES string of the molecule is OCC#Cc1ccsc1COC1CCCc2ccccc21. The number of ether oxygens (including phenoxy) is 1. The predicted molar refractivity (Wildman–Crippen MR) is 85.2 cm³/mol. The zero-order valence-corrected chi connectivity index (χ0v) is 12.7.